The van der Waals surface area contributed by atoms with E-state index in [-0.39, 0.29) is 17.9 Å². The second-order valence-electron chi connectivity index (χ2n) is 3.56. The van der Waals surface area contributed by atoms with Gasteiger partial charge in [-0.1, -0.05) is 6.07 Å². The number of carbonyl (C=O) groups is 1. The molecule has 0 bridgehead atoms. The molecule has 1 aromatic carbocycles. The van der Waals surface area contributed by atoms with Crippen LogP contribution in [0.3, 0.4) is 0 Å². The van der Waals surface area contributed by atoms with Crippen LogP contribution < -0.4 is 5.32 Å². The molecule has 0 radical (unpaired) electrons. The van der Waals surface area contributed by atoms with Crippen molar-refractivity contribution < 1.29 is 14.6 Å². The number of rotatable bonds is 4. The predicted octanol–water partition coefficient (Wildman–Crippen LogP) is 2.08. The number of phenols is 1. The maximum atomic E-state index is 11.3. The first-order valence-corrected chi connectivity index (χ1v) is 5.42. The maximum absolute atomic E-state index is 11.3. The van der Waals surface area contributed by atoms with Crippen LogP contribution in [0, 0.1) is 18.3 Å². The van der Waals surface area contributed by atoms with Crippen LogP contribution in [-0.2, 0) is 9.53 Å². The molecule has 94 valence electrons. The molecule has 0 amide bonds. The van der Waals surface area contributed by atoms with Crippen molar-refractivity contribution in [2.45, 2.75) is 13.8 Å². The number of hydrogen-bond donors (Lipinski definition) is 2. The second-order valence-corrected chi connectivity index (χ2v) is 3.56. The number of carbonyl (C=O) groups excluding carboxylic acids is 1. The molecule has 5 heteroatoms. The van der Waals surface area contributed by atoms with E-state index < -0.39 is 5.97 Å². The Kier molecular flexibility index (Phi) is 4.76. The van der Waals surface area contributed by atoms with Crippen LogP contribution >= 0.6 is 0 Å². The van der Waals surface area contributed by atoms with Crippen molar-refractivity contribution in [3.05, 3.63) is 35.5 Å². The number of nitriles is 1. The maximum Gasteiger partial charge on any atom is 0.350 e. The molecule has 0 aliphatic carbocycles. The van der Waals surface area contributed by atoms with E-state index in [1.54, 1.807) is 25.1 Å². The highest BCUT2D eigenvalue weighted by molar-refractivity contribution is 5.93. The van der Waals surface area contributed by atoms with Crippen molar-refractivity contribution in [1.29, 1.82) is 5.26 Å². The SMILES string of the molecule is CCOC(=O)/C(C#N)=C\Nc1cc(C)ccc1O. The third-order valence-corrected chi connectivity index (χ3v) is 2.14. The smallest absolute Gasteiger partial charge is 0.350 e. The fourth-order valence-electron chi connectivity index (χ4n) is 1.26. The Balaban J connectivity index is 2.87. The third kappa shape index (κ3) is 3.52. The zero-order valence-electron chi connectivity index (χ0n) is 10.2. The quantitative estimate of drug-likeness (QED) is 0.368. The number of phenolic OH excluding ortho intramolecular Hbond substituents is 1. The molecular weight excluding hydrogens is 232 g/mol. The van der Waals surface area contributed by atoms with Crippen molar-refractivity contribution in [2.75, 3.05) is 11.9 Å². The zero-order chi connectivity index (χ0) is 13.5. The molecule has 18 heavy (non-hydrogen) atoms. The van der Waals surface area contributed by atoms with Gasteiger partial charge in [0.05, 0.1) is 12.3 Å². The Labute approximate surface area is 105 Å². The number of esters is 1. The van der Waals surface area contributed by atoms with Gasteiger partial charge in [-0.2, -0.15) is 5.26 Å². The lowest BCUT2D eigenvalue weighted by atomic mass is 10.2. The van der Waals surface area contributed by atoms with E-state index in [0.29, 0.717) is 5.69 Å². The van der Waals surface area contributed by atoms with Gasteiger partial charge in [0.2, 0.25) is 0 Å². The molecule has 0 saturated carbocycles. The Hall–Kier alpha value is -2.48. The normalized spacial score (nSPS) is 10.6. The topological polar surface area (TPSA) is 82.4 Å². The highest BCUT2D eigenvalue weighted by Crippen LogP contribution is 2.23. The monoisotopic (exact) mass is 246 g/mol. The van der Waals surface area contributed by atoms with Gasteiger partial charge >= 0.3 is 5.97 Å². The Morgan fingerprint density at radius 2 is 2.33 bits per heavy atom. The number of benzene rings is 1. The minimum Gasteiger partial charge on any atom is -0.506 e. The summed E-state index contributed by atoms with van der Waals surface area (Å²) in [6.45, 7) is 3.73. The van der Waals surface area contributed by atoms with Crippen molar-refractivity contribution in [3.8, 4) is 11.8 Å². The van der Waals surface area contributed by atoms with Gasteiger partial charge in [-0.15, -0.1) is 0 Å². The highest BCUT2D eigenvalue weighted by Gasteiger charge is 2.09. The highest BCUT2D eigenvalue weighted by atomic mass is 16.5. The summed E-state index contributed by atoms with van der Waals surface area (Å²) in [4.78, 5) is 11.3. The lowest BCUT2D eigenvalue weighted by Crippen LogP contribution is -2.07. The summed E-state index contributed by atoms with van der Waals surface area (Å²) in [6.07, 6.45) is 1.21. The Morgan fingerprint density at radius 1 is 1.61 bits per heavy atom. The zero-order valence-corrected chi connectivity index (χ0v) is 10.2. The standard InChI is InChI=1S/C13H14N2O3/c1-3-18-13(17)10(7-14)8-15-11-6-9(2)4-5-12(11)16/h4-6,8,15-16H,3H2,1-2H3/b10-8-. The molecule has 0 unspecified atom stereocenters. The van der Waals surface area contributed by atoms with E-state index in [4.69, 9.17) is 10.00 Å². The first-order valence-electron chi connectivity index (χ1n) is 5.42. The van der Waals surface area contributed by atoms with Crippen LogP contribution in [0.4, 0.5) is 5.69 Å². The van der Waals surface area contributed by atoms with Gasteiger partial charge in [-0.05, 0) is 31.5 Å². The van der Waals surface area contributed by atoms with Gasteiger partial charge in [0.1, 0.15) is 11.8 Å². The van der Waals surface area contributed by atoms with Crippen molar-refractivity contribution in [3.63, 3.8) is 0 Å². The van der Waals surface area contributed by atoms with E-state index in [2.05, 4.69) is 5.32 Å². The summed E-state index contributed by atoms with van der Waals surface area (Å²) in [6, 6.07) is 6.71. The number of nitrogens with zero attached hydrogens (tertiary/aromatic N) is 1. The second kappa shape index (κ2) is 6.30. The predicted molar refractivity (Wildman–Crippen MR) is 66.8 cm³/mol. The Morgan fingerprint density at radius 3 is 2.94 bits per heavy atom. The van der Waals surface area contributed by atoms with Gasteiger partial charge < -0.3 is 15.2 Å². The first-order chi connectivity index (χ1) is 8.58. The Bertz CT molecular complexity index is 515. The van der Waals surface area contributed by atoms with Crippen LogP contribution in [0.1, 0.15) is 12.5 Å². The molecular formula is C13H14N2O3. The van der Waals surface area contributed by atoms with Gasteiger partial charge in [0.15, 0.2) is 5.57 Å². The third-order valence-electron chi connectivity index (χ3n) is 2.14. The molecule has 1 rings (SSSR count). The molecule has 1 aromatic rings. The number of aryl methyl sites for hydroxylation is 1. The summed E-state index contributed by atoms with van der Waals surface area (Å²) in [5, 5.41) is 21.1. The summed E-state index contributed by atoms with van der Waals surface area (Å²) < 4.78 is 4.71. The van der Waals surface area contributed by atoms with Crippen molar-refractivity contribution in [1.82, 2.24) is 0 Å². The lowest BCUT2D eigenvalue weighted by Gasteiger charge is -2.06. The van der Waals surface area contributed by atoms with Crippen LogP contribution in [0.25, 0.3) is 0 Å². The van der Waals surface area contributed by atoms with Crippen molar-refractivity contribution >= 4 is 11.7 Å². The molecule has 0 aromatic heterocycles. The fraction of sp³-hybridized carbons (Fsp3) is 0.231. The van der Waals surface area contributed by atoms with Gasteiger partial charge in [0.25, 0.3) is 0 Å². The summed E-state index contributed by atoms with van der Waals surface area (Å²) >= 11 is 0. The molecule has 0 fully saturated rings. The molecule has 0 saturated heterocycles. The largest absolute Gasteiger partial charge is 0.506 e. The first kappa shape index (κ1) is 13.6. The molecule has 2 N–H and O–H groups in total. The molecule has 0 aliphatic heterocycles. The molecule has 0 aliphatic rings. The van der Waals surface area contributed by atoms with Gasteiger partial charge in [0, 0.05) is 6.20 Å². The molecule has 5 nitrogen and oxygen atoms in total. The minimum absolute atomic E-state index is 0.0398. The summed E-state index contributed by atoms with van der Waals surface area (Å²) in [5.41, 5.74) is 1.21. The van der Waals surface area contributed by atoms with E-state index in [9.17, 15) is 9.90 Å². The molecule has 0 atom stereocenters. The van der Waals surface area contributed by atoms with E-state index in [1.165, 1.54) is 12.3 Å². The molecule has 0 heterocycles. The summed E-state index contributed by atoms with van der Waals surface area (Å²) in [7, 11) is 0. The average molecular weight is 246 g/mol. The number of aromatic hydroxyl groups is 1. The summed E-state index contributed by atoms with van der Waals surface area (Å²) in [5.74, 6) is -0.655. The molecule has 0 spiro atoms. The fourth-order valence-corrected chi connectivity index (χ4v) is 1.26. The van der Waals surface area contributed by atoms with Crippen LogP contribution in [0.2, 0.25) is 0 Å². The number of nitrogens with one attached hydrogen (secondary N) is 1. The average Bonchev–Trinajstić information content (AvgIpc) is 2.34. The number of hydrogen-bond acceptors (Lipinski definition) is 5. The minimum atomic E-state index is -0.695. The van der Waals surface area contributed by atoms with Crippen molar-refractivity contribution in [2.24, 2.45) is 0 Å². The lowest BCUT2D eigenvalue weighted by molar-refractivity contribution is -0.138. The van der Waals surface area contributed by atoms with Gasteiger partial charge in [-0.25, -0.2) is 4.79 Å². The van der Waals surface area contributed by atoms with E-state index in [0.717, 1.165) is 5.56 Å². The van der Waals surface area contributed by atoms with Gasteiger partial charge in [-0.3, -0.25) is 0 Å². The van der Waals surface area contributed by atoms with Crippen LogP contribution in [0.15, 0.2) is 30.0 Å². The van der Waals surface area contributed by atoms with Crippen LogP contribution in [0.5, 0.6) is 5.75 Å². The van der Waals surface area contributed by atoms with E-state index >= 15 is 0 Å². The van der Waals surface area contributed by atoms with E-state index in [1.807, 2.05) is 6.92 Å². The number of ether oxygens (including phenoxy) is 1. The number of anilines is 1. The van der Waals surface area contributed by atoms with Crippen LogP contribution in [-0.4, -0.2) is 17.7 Å².